The average molecular weight is 252 g/mol. The molecule has 0 saturated carbocycles. The van der Waals surface area contributed by atoms with Gasteiger partial charge < -0.3 is 9.79 Å². The maximum atomic E-state index is 9.96. The molecular formula is Na2O7P2S+2. The van der Waals surface area contributed by atoms with E-state index in [9.17, 15) is 23.1 Å². The monoisotopic (exact) mass is 252 g/mol. The molecule has 0 aliphatic heterocycles. The zero-order valence-electron chi connectivity index (χ0n) is 6.16. The van der Waals surface area contributed by atoms with Crippen molar-refractivity contribution in [2.45, 2.75) is 0 Å². The first-order valence-electron chi connectivity index (χ1n) is 1.60. The Morgan fingerprint density at radius 2 is 1.25 bits per heavy atom. The first-order valence-corrected chi connectivity index (χ1v) is 4.79. The molecule has 12 heavy (non-hydrogen) atoms. The fraction of sp³-hybridized carbons (Fsp3) is 0. The van der Waals surface area contributed by atoms with Crippen molar-refractivity contribution in [2.75, 3.05) is 0 Å². The second-order valence-corrected chi connectivity index (χ2v) is 3.30. The van der Waals surface area contributed by atoms with E-state index < -0.39 is 27.9 Å². The summed E-state index contributed by atoms with van der Waals surface area (Å²) in [7, 11) is -6.73. The summed E-state index contributed by atoms with van der Waals surface area (Å²) in [5, 5.41) is 0. The molecule has 0 aliphatic carbocycles. The molecule has 12 heteroatoms. The Labute approximate surface area is 117 Å². The Morgan fingerprint density at radius 1 is 1.00 bits per heavy atom. The Balaban J connectivity index is -0.000000405. The maximum absolute atomic E-state index is 9.96. The maximum Gasteiger partial charge on any atom is 1.00 e. The van der Waals surface area contributed by atoms with Crippen LogP contribution in [0.1, 0.15) is 0 Å². The topological polar surface area (TPSA) is 116 Å². The van der Waals surface area contributed by atoms with E-state index >= 15 is 0 Å². The minimum Gasteiger partial charge on any atom is -0.566 e. The fourth-order valence-corrected chi connectivity index (χ4v) is 1.26. The molecule has 2 atom stereocenters. The quantitative estimate of drug-likeness (QED) is 0.360. The Kier molecular flexibility index (Phi) is 18.5. The van der Waals surface area contributed by atoms with Gasteiger partial charge in [-0.15, -0.1) is 0 Å². The van der Waals surface area contributed by atoms with Crippen LogP contribution in [0.4, 0.5) is 0 Å². The molecule has 0 N–H and O–H groups in total. The number of hydrogen-bond acceptors (Lipinski definition) is 7. The summed E-state index contributed by atoms with van der Waals surface area (Å²) < 4.78 is 35.8. The fourth-order valence-electron chi connectivity index (χ4n) is 0.113. The van der Waals surface area contributed by atoms with E-state index in [2.05, 4.69) is 7.94 Å². The summed E-state index contributed by atoms with van der Waals surface area (Å²) in [4.78, 5) is 19.1. The summed E-state index contributed by atoms with van der Waals surface area (Å²) in [5.41, 5.74) is 0. The number of hydrogen-bond donors (Lipinski definition) is 0. The third kappa shape index (κ3) is 14.7. The largest absolute Gasteiger partial charge is 1.00 e. The molecule has 2 unspecified atom stereocenters. The van der Waals surface area contributed by atoms with Crippen molar-refractivity contribution in [3.05, 3.63) is 0 Å². The molecule has 0 aromatic carbocycles. The van der Waals surface area contributed by atoms with E-state index in [-0.39, 0.29) is 59.1 Å². The third-order valence-corrected chi connectivity index (χ3v) is 2.19. The van der Waals surface area contributed by atoms with E-state index in [4.69, 9.17) is 0 Å². The van der Waals surface area contributed by atoms with Crippen molar-refractivity contribution in [2.24, 2.45) is 0 Å². The van der Waals surface area contributed by atoms with Crippen LogP contribution in [0.15, 0.2) is 0 Å². The molecule has 0 aromatic heterocycles. The van der Waals surface area contributed by atoms with Crippen LogP contribution in [0, 0.1) is 0 Å². The van der Waals surface area contributed by atoms with Crippen LogP contribution in [-0.4, -0.2) is 4.21 Å². The van der Waals surface area contributed by atoms with Gasteiger partial charge in [0.15, 0.2) is 0 Å². The molecular weight excluding hydrogens is 252 g/mol. The van der Waals surface area contributed by atoms with E-state index in [0.717, 1.165) is 0 Å². The smallest absolute Gasteiger partial charge is 0.566 e. The Morgan fingerprint density at radius 3 is 1.42 bits per heavy atom. The van der Waals surface area contributed by atoms with Gasteiger partial charge in [-0.05, 0) is 17.1 Å². The minimum absolute atomic E-state index is 0. The standard InChI is InChI=1S/2Na.O7P2S/c;;1-8(2)6-10(5)7-9(3)4/q2*+1;. The van der Waals surface area contributed by atoms with Gasteiger partial charge in [-0.25, -0.2) is 0 Å². The third-order valence-electron chi connectivity index (χ3n) is 0.243. The predicted octanol–water partition coefficient (Wildman–Crippen LogP) is -7.36. The van der Waals surface area contributed by atoms with E-state index in [1.54, 1.807) is 0 Å². The van der Waals surface area contributed by atoms with Gasteiger partial charge in [0.2, 0.25) is 0 Å². The molecule has 0 bridgehead atoms. The van der Waals surface area contributed by atoms with Crippen LogP contribution >= 0.6 is 16.5 Å². The zero-order chi connectivity index (χ0) is 8.15. The van der Waals surface area contributed by atoms with Gasteiger partial charge in [-0.2, -0.15) is 4.21 Å². The Bertz CT molecular complexity index is 162. The first-order chi connectivity index (χ1) is 4.52. The number of rotatable bonds is 4. The first kappa shape index (κ1) is 19.7. The SMILES string of the molecule is O=[P+]([O-])OS(=O)O[P+](=O)[O-].[Na+].[Na+]. The van der Waals surface area contributed by atoms with Gasteiger partial charge in [0.1, 0.15) is 0 Å². The van der Waals surface area contributed by atoms with Gasteiger partial charge >= 0.3 is 87.0 Å². The minimum atomic E-state index is -3.36. The second kappa shape index (κ2) is 11.3. The van der Waals surface area contributed by atoms with Crippen LogP contribution in [0.2, 0.25) is 0 Å². The van der Waals surface area contributed by atoms with Gasteiger partial charge in [-0.3, -0.25) is 0 Å². The Hall–Kier alpha value is 2.19. The molecule has 0 saturated heterocycles. The van der Waals surface area contributed by atoms with Crippen molar-refractivity contribution in [3.8, 4) is 0 Å². The molecule has 0 amide bonds. The van der Waals surface area contributed by atoms with Crippen molar-refractivity contribution in [1.29, 1.82) is 0 Å². The van der Waals surface area contributed by atoms with Crippen LogP contribution in [0.25, 0.3) is 0 Å². The van der Waals surface area contributed by atoms with Gasteiger partial charge in [0, 0.05) is 0 Å². The average Bonchev–Trinajstić information content (AvgIpc) is 1.58. The van der Waals surface area contributed by atoms with E-state index in [0.29, 0.717) is 0 Å². The molecule has 0 spiro atoms. The predicted molar refractivity (Wildman–Crippen MR) is 25.5 cm³/mol. The molecule has 0 rings (SSSR count). The summed E-state index contributed by atoms with van der Waals surface area (Å²) >= 11 is -2.77. The van der Waals surface area contributed by atoms with Gasteiger partial charge in [-0.1, -0.05) is 0 Å². The molecule has 0 fully saturated rings. The van der Waals surface area contributed by atoms with Crippen molar-refractivity contribution >= 4 is 27.9 Å². The van der Waals surface area contributed by atoms with Crippen LogP contribution < -0.4 is 68.9 Å². The second-order valence-electron chi connectivity index (χ2n) is 0.800. The zero-order valence-corrected chi connectivity index (χ0v) is 12.8. The molecule has 0 radical (unpaired) electrons. The molecule has 0 aromatic rings. The molecule has 7 nitrogen and oxygen atoms in total. The van der Waals surface area contributed by atoms with Crippen LogP contribution in [0.5, 0.6) is 0 Å². The summed E-state index contributed by atoms with van der Waals surface area (Å²) in [6.45, 7) is 0. The van der Waals surface area contributed by atoms with Gasteiger partial charge in [0.05, 0.1) is 0 Å². The van der Waals surface area contributed by atoms with Crippen molar-refractivity contribution in [3.63, 3.8) is 0 Å². The summed E-state index contributed by atoms with van der Waals surface area (Å²) in [6.07, 6.45) is 0. The molecule has 58 valence electrons. The van der Waals surface area contributed by atoms with E-state index in [1.165, 1.54) is 0 Å². The van der Waals surface area contributed by atoms with E-state index in [1.807, 2.05) is 0 Å². The molecule has 0 aliphatic rings. The van der Waals surface area contributed by atoms with Crippen LogP contribution in [-0.2, 0) is 28.4 Å². The summed E-state index contributed by atoms with van der Waals surface area (Å²) in [5.74, 6) is 0. The normalized spacial score (nSPS) is 13.5. The van der Waals surface area contributed by atoms with Crippen LogP contribution in [0.3, 0.4) is 0 Å². The van der Waals surface area contributed by atoms with Gasteiger partial charge in [0.25, 0.3) is 0 Å². The molecule has 0 heterocycles. The van der Waals surface area contributed by atoms with Crippen molar-refractivity contribution < 1.29 is 90.2 Å². The summed E-state index contributed by atoms with van der Waals surface area (Å²) in [6, 6.07) is 0. The van der Waals surface area contributed by atoms with Crippen molar-refractivity contribution in [1.82, 2.24) is 0 Å².